The van der Waals surface area contributed by atoms with Crippen LogP contribution in [0.3, 0.4) is 0 Å². The summed E-state index contributed by atoms with van der Waals surface area (Å²) in [5.41, 5.74) is 2.51. The summed E-state index contributed by atoms with van der Waals surface area (Å²) in [5, 5.41) is 11.1. The van der Waals surface area contributed by atoms with Crippen molar-refractivity contribution in [2.24, 2.45) is 0 Å². The van der Waals surface area contributed by atoms with E-state index in [2.05, 4.69) is 0 Å². The van der Waals surface area contributed by atoms with Crippen LogP contribution in [-0.4, -0.2) is 25.9 Å². The minimum absolute atomic E-state index is 0.238. The largest absolute Gasteiger partial charge is 0.484 e. The van der Waals surface area contributed by atoms with E-state index in [1.165, 1.54) is 0 Å². The number of nitrogens with one attached hydrogen (secondary N) is 2. The molecule has 0 heterocycles. The van der Waals surface area contributed by atoms with Crippen LogP contribution in [-0.2, 0) is 14.8 Å². The lowest BCUT2D eigenvalue weighted by molar-refractivity contribution is -0.384. The molecule has 2 N–H and O–H groups in total. The van der Waals surface area contributed by atoms with E-state index >= 15 is 0 Å². The van der Waals surface area contributed by atoms with Crippen LogP contribution in [0.5, 0.6) is 5.75 Å². The third kappa shape index (κ3) is 5.15. The number of benzene rings is 2. The lowest BCUT2D eigenvalue weighted by Crippen LogP contribution is -2.43. The lowest BCUT2D eigenvalue weighted by Gasteiger charge is -2.10. The second-order valence-electron chi connectivity index (χ2n) is 5.10. The first-order valence-corrected chi connectivity index (χ1v) is 8.99. The summed E-state index contributed by atoms with van der Waals surface area (Å²) in [6, 6.07) is 9.02. The van der Waals surface area contributed by atoms with Crippen LogP contribution in [0.2, 0.25) is 5.02 Å². The fourth-order valence-electron chi connectivity index (χ4n) is 1.82. The molecule has 0 saturated carbocycles. The number of ether oxygens (including phenoxy) is 1. The number of sulfonamides is 1. The molecule has 0 spiro atoms. The molecule has 2 aromatic rings. The molecule has 26 heavy (non-hydrogen) atoms. The van der Waals surface area contributed by atoms with Gasteiger partial charge in [-0.3, -0.25) is 20.3 Å². The van der Waals surface area contributed by atoms with Crippen LogP contribution in [0, 0.1) is 17.0 Å². The number of aryl methyl sites for hydroxylation is 1. The Morgan fingerprint density at radius 3 is 2.46 bits per heavy atom. The van der Waals surface area contributed by atoms with Gasteiger partial charge in [0.25, 0.3) is 21.6 Å². The van der Waals surface area contributed by atoms with Crippen molar-refractivity contribution < 1.29 is 22.9 Å². The molecule has 0 unspecified atom stereocenters. The Bertz CT molecular complexity index is 931. The maximum atomic E-state index is 12.0. The van der Waals surface area contributed by atoms with Crippen molar-refractivity contribution in [2.75, 3.05) is 6.61 Å². The van der Waals surface area contributed by atoms with E-state index in [4.69, 9.17) is 16.3 Å². The van der Waals surface area contributed by atoms with E-state index in [1.807, 2.05) is 10.3 Å². The zero-order valence-electron chi connectivity index (χ0n) is 13.4. The Kier molecular flexibility index (Phi) is 6.14. The number of rotatable bonds is 7. The Morgan fingerprint density at radius 2 is 1.88 bits per heavy atom. The van der Waals surface area contributed by atoms with Crippen LogP contribution < -0.4 is 15.0 Å². The first kappa shape index (κ1) is 19.6. The van der Waals surface area contributed by atoms with Gasteiger partial charge in [-0.05, 0) is 42.8 Å². The molecule has 0 radical (unpaired) electrons. The molecule has 0 bridgehead atoms. The number of carbonyl (C=O) groups excluding carboxylic acids is 1. The van der Waals surface area contributed by atoms with Crippen LogP contribution in [0.4, 0.5) is 5.69 Å². The fraction of sp³-hybridized carbons (Fsp3) is 0.133. The van der Waals surface area contributed by atoms with Gasteiger partial charge in [-0.2, -0.15) is 0 Å². The zero-order chi connectivity index (χ0) is 19.3. The monoisotopic (exact) mass is 399 g/mol. The highest BCUT2D eigenvalue weighted by molar-refractivity contribution is 7.89. The van der Waals surface area contributed by atoms with Crippen molar-refractivity contribution in [1.29, 1.82) is 0 Å². The average Bonchev–Trinajstić information content (AvgIpc) is 2.61. The van der Waals surface area contributed by atoms with E-state index in [0.717, 1.165) is 29.8 Å². The molecular formula is C15H14ClN3O6S. The Balaban J connectivity index is 1.90. The van der Waals surface area contributed by atoms with E-state index in [0.29, 0.717) is 10.8 Å². The standard InChI is InChI=1S/C15H14ClN3O6S/c1-10-8-12(4-7-14(10)16)25-9-15(20)17-18-26(23,24)13-5-2-11(3-6-13)19(21)22/h2-8,18H,9H2,1H3,(H,17,20). The van der Waals surface area contributed by atoms with Gasteiger partial charge in [0.15, 0.2) is 6.61 Å². The van der Waals surface area contributed by atoms with Gasteiger partial charge in [-0.15, -0.1) is 4.83 Å². The normalized spacial score (nSPS) is 11.0. The zero-order valence-corrected chi connectivity index (χ0v) is 15.0. The van der Waals surface area contributed by atoms with Gasteiger partial charge in [0.2, 0.25) is 0 Å². The molecule has 0 aliphatic heterocycles. The number of non-ortho nitro benzene ring substituents is 1. The third-order valence-electron chi connectivity index (χ3n) is 3.18. The highest BCUT2D eigenvalue weighted by atomic mass is 35.5. The molecule has 1 amide bonds. The minimum atomic E-state index is -4.07. The van der Waals surface area contributed by atoms with Gasteiger partial charge in [0.1, 0.15) is 5.75 Å². The molecule has 0 aliphatic rings. The molecule has 0 aromatic heterocycles. The van der Waals surface area contributed by atoms with E-state index < -0.39 is 27.5 Å². The second-order valence-corrected chi connectivity index (χ2v) is 7.19. The number of amides is 1. The average molecular weight is 400 g/mol. The molecule has 0 atom stereocenters. The van der Waals surface area contributed by atoms with Crippen LogP contribution in [0.15, 0.2) is 47.4 Å². The number of hydrogen-bond donors (Lipinski definition) is 2. The van der Waals surface area contributed by atoms with Crippen molar-refractivity contribution in [2.45, 2.75) is 11.8 Å². The van der Waals surface area contributed by atoms with Crippen LogP contribution >= 0.6 is 11.6 Å². The molecule has 0 fully saturated rings. The molecule has 2 aromatic carbocycles. The van der Waals surface area contributed by atoms with Crippen molar-refractivity contribution in [3.05, 3.63) is 63.2 Å². The molecule has 138 valence electrons. The quantitative estimate of drug-likeness (QED) is 0.541. The van der Waals surface area contributed by atoms with E-state index in [9.17, 15) is 23.3 Å². The molecule has 2 rings (SSSR count). The summed E-state index contributed by atoms with van der Waals surface area (Å²) in [5.74, 6) is -0.330. The van der Waals surface area contributed by atoms with Gasteiger partial charge in [0.05, 0.1) is 9.82 Å². The predicted molar refractivity (Wildman–Crippen MR) is 93.2 cm³/mol. The van der Waals surface area contributed by atoms with Crippen molar-refractivity contribution in [3.63, 3.8) is 0 Å². The second kappa shape index (κ2) is 8.13. The van der Waals surface area contributed by atoms with Crippen molar-refractivity contribution >= 4 is 33.2 Å². The van der Waals surface area contributed by atoms with E-state index in [-0.39, 0.29) is 10.6 Å². The first-order valence-electron chi connectivity index (χ1n) is 7.13. The molecule has 11 heteroatoms. The Labute approximate surface area is 154 Å². The number of nitro benzene ring substituents is 1. The number of hydrazine groups is 1. The summed E-state index contributed by atoms with van der Waals surface area (Å²) in [4.78, 5) is 23.3. The topological polar surface area (TPSA) is 128 Å². The number of carbonyl (C=O) groups is 1. The first-order chi connectivity index (χ1) is 12.2. The number of halogens is 1. The summed E-state index contributed by atoms with van der Waals surface area (Å²) >= 11 is 5.88. The van der Waals surface area contributed by atoms with Gasteiger partial charge in [0, 0.05) is 17.2 Å². The molecule has 0 saturated heterocycles. The lowest BCUT2D eigenvalue weighted by atomic mass is 10.2. The van der Waals surface area contributed by atoms with Gasteiger partial charge in [-0.1, -0.05) is 11.6 Å². The minimum Gasteiger partial charge on any atom is -0.484 e. The van der Waals surface area contributed by atoms with Gasteiger partial charge >= 0.3 is 0 Å². The summed E-state index contributed by atoms with van der Waals surface area (Å²) in [6.45, 7) is 1.34. The highest BCUT2D eigenvalue weighted by Crippen LogP contribution is 2.21. The fourth-order valence-corrected chi connectivity index (χ4v) is 2.80. The van der Waals surface area contributed by atoms with Gasteiger partial charge in [-0.25, -0.2) is 8.42 Å². The van der Waals surface area contributed by atoms with E-state index in [1.54, 1.807) is 25.1 Å². The summed E-state index contributed by atoms with van der Waals surface area (Å²) < 4.78 is 29.3. The molecule has 0 aliphatic carbocycles. The Morgan fingerprint density at radius 1 is 1.23 bits per heavy atom. The van der Waals surface area contributed by atoms with Crippen LogP contribution in [0.1, 0.15) is 5.56 Å². The maximum Gasteiger partial charge on any atom is 0.272 e. The SMILES string of the molecule is Cc1cc(OCC(=O)NNS(=O)(=O)c2ccc([N+](=O)[O-])cc2)ccc1Cl. The highest BCUT2D eigenvalue weighted by Gasteiger charge is 2.17. The Hall–Kier alpha value is -2.69. The predicted octanol–water partition coefficient (Wildman–Crippen LogP) is 1.95. The summed E-state index contributed by atoms with van der Waals surface area (Å²) in [7, 11) is -4.07. The van der Waals surface area contributed by atoms with Crippen molar-refractivity contribution in [3.8, 4) is 5.75 Å². The molecular weight excluding hydrogens is 386 g/mol. The number of nitrogens with zero attached hydrogens (tertiary/aromatic N) is 1. The maximum absolute atomic E-state index is 12.0. The number of nitro groups is 1. The third-order valence-corrected chi connectivity index (χ3v) is 4.87. The number of hydrogen-bond acceptors (Lipinski definition) is 6. The van der Waals surface area contributed by atoms with Gasteiger partial charge < -0.3 is 4.74 Å². The summed E-state index contributed by atoms with van der Waals surface area (Å²) in [6.07, 6.45) is 0. The molecule has 9 nitrogen and oxygen atoms in total. The van der Waals surface area contributed by atoms with Crippen LogP contribution in [0.25, 0.3) is 0 Å². The smallest absolute Gasteiger partial charge is 0.272 e. The van der Waals surface area contributed by atoms with Crippen molar-refractivity contribution in [1.82, 2.24) is 10.3 Å².